The maximum Gasteiger partial charge on any atom is 0.244 e. The van der Waals surface area contributed by atoms with Crippen LogP contribution in [0, 0.1) is 6.92 Å². The average Bonchev–Trinajstić information content (AvgIpc) is 3.16. The highest BCUT2D eigenvalue weighted by molar-refractivity contribution is 7.09. The van der Waals surface area contributed by atoms with Crippen molar-refractivity contribution >= 4 is 17.2 Å². The van der Waals surface area contributed by atoms with Gasteiger partial charge < -0.3 is 4.90 Å². The van der Waals surface area contributed by atoms with E-state index in [2.05, 4.69) is 31.2 Å². The molecule has 0 saturated carbocycles. The number of hydrogen-bond donors (Lipinski definition) is 0. The SMILES string of the molecule is Cc1cnn(CC(=O)N2CCCC[C@H]2c2nc(C(C)(C)C)cs2)c1. The van der Waals surface area contributed by atoms with Gasteiger partial charge in [0.25, 0.3) is 0 Å². The molecule has 1 atom stereocenters. The highest BCUT2D eigenvalue weighted by Gasteiger charge is 2.31. The first-order valence-electron chi connectivity index (χ1n) is 8.59. The molecule has 5 nitrogen and oxygen atoms in total. The fourth-order valence-corrected chi connectivity index (χ4v) is 4.25. The molecule has 0 spiro atoms. The van der Waals surface area contributed by atoms with Gasteiger partial charge >= 0.3 is 0 Å². The lowest BCUT2D eigenvalue weighted by molar-refractivity contribution is -0.135. The molecule has 0 N–H and O–H groups in total. The summed E-state index contributed by atoms with van der Waals surface area (Å²) in [4.78, 5) is 19.7. The molecule has 6 heteroatoms. The number of carbonyl (C=O) groups excluding carboxylic acids is 1. The maximum atomic E-state index is 12.8. The van der Waals surface area contributed by atoms with E-state index in [4.69, 9.17) is 4.98 Å². The molecule has 130 valence electrons. The fourth-order valence-electron chi connectivity index (χ4n) is 3.05. The molecular formula is C18H26N4OS. The van der Waals surface area contributed by atoms with Crippen LogP contribution in [0.2, 0.25) is 0 Å². The van der Waals surface area contributed by atoms with Gasteiger partial charge in [-0.25, -0.2) is 4.98 Å². The predicted octanol–water partition coefficient (Wildman–Crippen LogP) is 3.70. The second-order valence-electron chi connectivity index (χ2n) is 7.63. The van der Waals surface area contributed by atoms with Crippen molar-refractivity contribution in [1.82, 2.24) is 19.7 Å². The largest absolute Gasteiger partial charge is 0.332 e. The Balaban J connectivity index is 1.78. The Morgan fingerprint density at radius 2 is 2.17 bits per heavy atom. The van der Waals surface area contributed by atoms with Gasteiger partial charge in [0.05, 0.1) is 17.9 Å². The zero-order valence-electron chi connectivity index (χ0n) is 15.0. The normalized spacial score (nSPS) is 18.8. The van der Waals surface area contributed by atoms with Gasteiger partial charge in [-0.1, -0.05) is 20.8 Å². The highest BCUT2D eigenvalue weighted by atomic mass is 32.1. The lowest BCUT2D eigenvalue weighted by Gasteiger charge is -2.34. The number of carbonyl (C=O) groups is 1. The Bertz CT molecular complexity index is 713. The van der Waals surface area contributed by atoms with Crippen LogP contribution in [0.3, 0.4) is 0 Å². The number of thiazole rings is 1. The average molecular weight is 346 g/mol. The molecule has 0 bridgehead atoms. The minimum atomic E-state index is 0.0465. The molecule has 2 aromatic heterocycles. The van der Waals surface area contributed by atoms with Crippen molar-refractivity contribution in [2.75, 3.05) is 6.54 Å². The minimum Gasteiger partial charge on any atom is -0.332 e. The van der Waals surface area contributed by atoms with Crippen molar-refractivity contribution in [3.8, 4) is 0 Å². The van der Waals surface area contributed by atoms with Crippen LogP contribution in [0.4, 0.5) is 0 Å². The first-order valence-corrected chi connectivity index (χ1v) is 9.47. The zero-order chi connectivity index (χ0) is 17.3. The van der Waals surface area contributed by atoms with Gasteiger partial charge in [-0.05, 0) is 31.7 Å². The number of aromatic nitrogens is 3. The highest BCUT2D eigenvalue weighted by Crippen LogP contribution is 2.35. The molecule has 0 radical (unpaired) electrons. The third-order valence-electron chi connectivity index (χ3n) is 4.46. The van der Waals surface area contributed by atoms with E-state index < -0.39 is 0 Å². The minimum absolute atomic E-state index is 0.0465. The van der Waals surface area contributed by atoms with Gasteiger partial charge in [-0.15, -0.1) is 11.3 Å². The van der Waals surface area contributed by atoms with E-state index in [0.29, 0.717) is 6.54 Å². The summed E-state index contributed by atoms with van der Waals surface area (Å²) in [7, 11) is 0. The standard InChI is InChI=1S/C18H26N4OS/c1-13-9-19-21(10-13)11-16(23)22-8-6-5-7-14(22)17-20-15(12-24-17)18(2,3)4/h9-10,12,14H,5-8,11H2,1-4H3/t14-/m0/s1. The summed E-state index contributed by atoms with van der Waals surface area (Å²) in [6.07, 6.45) is 6.92. The van der Waals surface area contributed by atoms with Crippen LogP contribution in [0.15, 0.2) is 17.8 Å². The molecule has 3 heterocycles. The number of hydrogen-bond acceptors (Lipinski definition) is 4. The Kier molecular flexibility index (Phi) is 4.76. The topological polar surface area (TPSA) is 51.0 Å². The number of likely N-dealkylation sites (tertiary alicyclic amines) is 1. The molecule has 0 aromatic carbocycles. The van der Waals surface area contributed by atoms with Crippen molar-refractivity contribution in [3.63, 3.8) is 0 Å². The van der Waals surface area contributed by atoms with E-state index in [-0.39, 0.29) is 17.4 Å². The van der Waals surface area contributed by atoms with Crippen LogP contribution >= 0.6 is 11.3 Å². The lowest BCUT2D eigenvalue weighted by atomic mass is 9.93. The molecule has 1 amide bonds. The number of rotatable bonds is 3. The molecule has 2 aromatic rings. The molecule has 1 fully saturated rings. The summed E-state index contributed by atoms with van der Waals surface area (Å²) in [6.45, 7) is 9.64. The van der Waals surface area contributed by atoms with Gasteiger partial charge in [-0.3, -0.25) is 9.48 Å². The summed E-state index contributed by atoms with van der Waals surface area (Å²) in [5.74, 6) is 0.135. The number of piperidine rings is 1. The van der Waals surface area contributed by atoms with Crippen molar-refractivity contribution in [2.45, 2.75) is 65.0 Å². The Morgan fingerprint density at radius 3 is 2.79 bits per heavy atom. The van der Waals surface area contributed by atoms with Gasteiger partial charge in [-0.2, -0.15) is 5.10 Å². The van der Waals surface area contributed by atoms with Crippen LogP contribution in [0.5, 0.6) is 0 Å². The quantitative estimate of drug-likeness (QED) is 0.851. The van der Waals surface area contributed by atoms with Crippen molar-refractivity contribution in [3.05, 3.63) is 34.0 Å². The Morgan fingerprint density at radius 1 is 1.38 bits per heavy atom. The first-order chi connectivity index (χ1) is 11.3. The first kappa shape index (κ1) is 17.1. The van der Waals surface area contributed by atoms with Crippen molar-refractivity contribution in [2.24, 2.45) is 0 Å². The second kappa shape index (κ2) is 6.67. The summed E-state index contributed by atoms with van der Waals surface area (Å²) in [5.41, 5.74) is 2.24. The van der Waals surface area contributed by atoms with Gasteiger partial charge in [0.15, 0.2) is 0 Å². The van der Waals surface area contributed by atoms with E-state index in [0.717, 1.165) is 42.1 Å². The maximum absolute atomic E-state index is 12.8. The third-order valence-corrected chi connectivity index (χ3v) is 5.40. The zero-order valence-corrected chi connectivity index (χ0v) is 15.8. The molecular weight excluding hydrogens is 320 g/mol. The smallest absolute Gasteiger partial charge is 0.244 e. The summed E-state index contributed by atoms with van der Waals surface area (Å²) < 4.78 is 1.73. The van der Waals surface area contributed by atoms with Crippen molar-refractivity contribution in [1.29, 1.82) is 0 Å². The third kappa shape index (κ3) is 3.69. The predicted molar refractivity (Wildman–Crippen MR) is 96.1 cm³/mol. The molecule has 1 aliphatic rings. The van der Waals surface area contributed by atoms with Crippen LogP contribution in [-0.4, -0.2) is 32.1 Å². The van der Waals surface area contributed by atoms with E-state index in [1.807, 2.05) is 18.0 Å². The van der Waals surface area contributed by atoms with Crippen molar-refractivity contribution < 1.29 is 4.79 Å². The van der Waals surface area contributed by atoms with E-state index in [1.165, 1.54) is 0 Å². The molecule has 1 aliphatic heterocycles. The number of amides is 1. The molecule has 0 unspecified atom stereocenters. The molecule has 3 rings (SSSR count). The lowest BCUT2D eigenvalue weighted by Crippen LogP contribution is -2.40. The van der Waals surface area contributed by atoms with Gasteiger partial charge in [0.2, 0.25) is 5.91 Å². The fraction of sp³-hybridized carbons (Fsp3) is 0.611. The van der Waals surface area contributed by atoms with Crippen LogP contribution in [-0.2, 0) is 16.8 Å². The van der Waals surface area contributed by atoms with Crippen LogP contribution in [0.25, 0.3) is 0 Å². The van der Waals surface area contributed by atoms with Gasteiger partial charge in [0, 0.05) is 23.5 Å². The second-order valence-corrected chi connectivity index (χ2v) is 8.52. The van der Waals surface area contributed by atoms with Gasteiger partial charge in [0.1, 0.15) is 11.6 Å². The summed E-state index contributed by atoms with van der Waals surface area (Å²) in [6, 6.07) is 0.115. The molecule has 1 saturated heterocycles. The molecule has 0 aliphatic carbocycles. The number of nitrogens with zero attached hydrogens (tertiary/aromatic N) is 4. The Hall–Kier alpha value is -1.69. The Labute approximate surface area is 147 Å². The van der Waals surface area contributed by atoms with E-state index in [9.17, 15) is 4.79 Å². The monoisotopic (exact) mass is 346 g/mol. The van der Waals surface area contributed by atoms with Crippen LogP contribution in [0.1, 0.15) is 62.3 Å². The molecule has 24 heavy (non-hydrogen) atoms. The van der Waals surface area contributed by atoms with Crippen LogP contribution < -0.4 is 0 Å². The number of aryl methyl sites for hydroxylation is 1. The summed E-state index contributed by atoms with van der Waals surface area (Å²) >= 11 is 1.69. The summed E-state index contributed by atoms with van der Waals surface area (Å²) in [5, 5.41) is 7.46. The van der Waals surface area contributed by atoms with E-state index in [1.54, 1.807) is 22.2 Å². The van der Waals surface area contributed by atoms with E-state index >= 15 is 0 Å².